The average Bonchev–Trinajstić information content (AvgIpc) is 3.79. The molecule has 0 bridgehead atoms. The largest absolute Gasteiger partial charge is 0.508 e. The second-order valence-corrected chi connectivity index (χ2v) is 20.4. The van der Waals surface area contributed by atoms with Crippen LogP contribution in [0, 0.1) is 5.92 Å². The molecule has 1 unspecified atom stereocenters. The van der Waals surface area contributed by atoms with Crippen molar-refractivity contribution >= 4 is 78.2 Å². The minimum atomic E-state index is -4.40. The van der Waals surface area contributed by atoms with Crippen LogP contribution in [0.25, 0.3) is 0 Å². The third-order valence-electron chi connectivity index (χ3n) is 10.4. The third kappa shape index (κ3) is 15.0. The fraction of sp³-hybridized carbons (Fsp3) is 0.442. The lowest BCUT2D eigenvalue weighted by atomic mass is 10.00. The number of phenols is 1. The number of carboxylic acids is 1. The summed E-state index contributed by atoms with van der Waals surface area (Å²) in [7, 11) is -4.40. The Morgan fingerprint density at radius 1 is 0.781 bits per heavy atom. The van der Waals surface area contributed by atoms with Gasteiger partial charge in [-0.25, -0.2) is 9.36 Å². The number of fused-ring (bicyclic) bond motifs is 1. The van der Waals surface area contributed by atoms with E-state index in [0.717, 1.165) is 18.6 Å². The Balaban J connectivity index is 1.28. The number of hydrogen-bond acceptors (Lipinski definition) is 11. The molecule has 6 amide bonds. The van der Waals surface area contributed by atoms with Gasteiger partial charge in [-0.05, 0) is 98.3 Å². The van der Waals surface area contributed by atoms with Gasteiger partial charge >= 0.3 is 19.6 Å². The number of nitrogens with one attached hydrogen (secondary N) is 6. The number of carbonyl (C=O) groups is 6. The van der Waals surface area contributed by atoms with E-state index in [2.05, 4.69) is 31.9 Å². The van der Waals surface area contributed by atoms with E-state index >= 15 is 0 Å². The summed E-state index contributed by atoms with van der Waals surface area (Å²) >= 11 is 13.8. The highest BCUT2D eigenvalue weighted by Gasteiger charge is 2.43. The maximum Gasteiger partial charge on any atom is 0.452 e. The molecule has 2 heterocycles. The molecule has 0 aliphatic carbocycles. The number of benzene rings is 3. The zero-order valence-electron chi connectivity index (χ0n) is 35.4. The van der Waals surface area contributed by atoms with Crippen LogP contribution in [0.1, 0.15) is 64.9 Å². The van der Waals surface area contributed by atoms with Gasteiger partial charge in [-0.15, -0.1) is 0 Å². The highest BCUT2D eigenvalue weighted by Crippen LogP contribution is 2.52. The molecule has 0 aromatic heterocycles. The van der Waals surface area contributed by atoms with Gasteiger partial charge in [0, 0.05) is 33.9 Å². The number of thioether (sulfide) groups is 1. The van der Waals surface area contributed by atoms with E-state index in [4.69, 9.17) is 32.2 Å². The van der Waals surface area contributed by atoms with Gasteiger partial charge in [0.1, 0.15) is 35.4 Å². The fourth-order valence-electron chi connectivity index (χ4n) is 7.10. The van der Waals surface area contributed by atoms with Crippen molar-refractivity contribution in [3.8, 4) is 17.2 Å². The Morgan fingerprint density at radius 2 is 1.34 bits per heavy atom. The molecule has 3 aromatic carbocycles. The highest BCUT2D eigenvalue weighted by atomic mass is 35.5. The first-order valence-corrected chi connectivity index (χ1v) is 24.2. The molecule has 5 rings (SSSR count). The Kier molecular flexibility index (Phi) is 18.0. The summed E-state index contributed by atoms with van der Waals surface area (Å²) < 4.78 is 26.0. The monoisotopic (exact) mass is 962 g/mol. The Hall–Kier alpha value is -5.16. The molecule has 64 heavy (non-hydrogen) atoms. The summed E-state index contributed by atoms with van der Waals surface area (Å²) in [4.78, 5) is 79.0. The molecule has 21 heteroatoms. The summed E-state index contributed by atoms with van der Waals surface area (Å²) in [6.07, 6.45) is 1.37. The minimum absolute atomic E-state index is 0.0494. The first-order valence-electron chi connectivity index (χ1n) is 20.8. The normalized spacial score (nSPS) is 18.6. The number of aromatic hydroxyl groups is 1. The van der Waals surface area contributed by atoms with Crippen molar-refractivity contribution < 1.29 is 52.6 Å². The average molecular weight is 964 g/mol. The molecule has 3 aromatic rings. The first-order chi connectivity index (χ1) is 30.4. The maximum atomic E-state index is 14.4. The highest BCUT2D eigenvalue weighted by molar-refractivity contribution is 8.00. The molecule has 2 fully saturated rings. The van der Waals surface area contributed by atoms with Gasteiger partial charge in [0.05, 0.1) is 18.5 Å². The fourth-order valence-corrected chi connectivity index (χ4v) is 10.4. The van der Waals surface area contributed by atoms with Gasteiger partial charge in [-0.3, -0.25) is 24.0 Å². The van der Waals surface area contributed by atoms with Gasteiger partial charge in [-0.2, -0.15) is 11.8 Å². The number of urea groups is 1. The number of rotatable bonds is 23. The van der Waals surface area contributed by atoms with Crippen LogP contribution in [0.5, 0.6) is 17.2 Å². The van der Waals surface area contributed by atoms with Gasteiger partial charge in [0.25, 0.3) is 0 Å². The van der Waals surface area contributed by atoms with Crippen molar-refractivity contribution in [2.75, 3.05) is 5.75 Å². The van der Waals surface area contributed by atoms with E-state index in [-0.39, 0.29) is 71.7 Å². The molecule has 0 spiro atoms. The summed E-state index contributed by atoms with van der Waals surface area (Å²) in [5, 5.41) is 37.0. The van der Waals surface area contributed by atoms with Crippen molar-refractivity contribution in [1.29, 1.82) is 0 Å². The van der Waals surface area contributed by atoms with Crippen LogP contribution in [0.2, 0.25) is 10.0 Å². The van der Waals surface area contributed by atoms with Crippen LogP contribution in [0.15, 0.2) is 72.8 Å². The van der Waals surface area contributed by atoms with Gasteiger partial charge < -0.3 is 51.2 Å². The predicted molar refractivity (Wildman–Crippen MR) is 243 cm³/mol. The maximum absolute atomic E-state index is 14.4. The first kappa shape index (κ1) is 49.8. The molecule has 2 aliphatic rings. The number of phenolic OH excluding ortho intramolecular Hbond substituents is 1. The van der Waals surface area contributed by atoms with Crippen LogP contribution in [0.4, 0.5) is 4.79 Å². The van der Waals surface area contributed by atoms with E-state index < -0.39 is 61.6 Å². The van der Waals surface area contributed by atoms with Crippen LogP contribution in [-0.2, 0) is 35.0 Å². The molecule has 346 valence electrons. The van der Waals surface area contributed by atoms with Crippen LogP contribution in [-0.4, -0.2) is 92.8 Å². The molecule has 17 nitrogen and oxygen atoms in total. The lowest BCUT2D eigenvalue weighted by Gasteiger charge is -2.28. The number of amides is 6. The third-order valence-corrected chi connectivity index (χ3v) is 14.4. The molecule has 0 radical (unpaired) electrons. The zero-order valence-corrected chi connectivity index (χ0v) is 38.6. The van der Waals surface area contributed by atoms with Crippen LogP contribution >= 0.6 is 42.6 Å². The summed E-state index contributed by atoms with van der Waals surface area (Å²) in [5.74, 6) is -5.07. The second kappa shape index (κ2) is 23.2. The van der Waals surface area contributed by atoms with Gasteiger partial charge in [-0.1, -0.05) is 55.6 Å². The second-order valence-electron chi connectivity index (χ2n) is 16.0. The SMILES string of the molecule is CC(C)C[C@H](NC(=O)CCCC[C@@H]1SC[C@@H]2NC(=O)N[C@@H]21)C(=O)N[C@@H](Cc1ccc(O)cc1)C(=O)N[C@@H](CC(=O)O)C(=O)NC(C)P(=O)(Oc1ccc(Cl)cc1)Oc1ccc(Cl)cc1. The van der Waals surface area contributed by atoms with E-state index in [1.807, 2.05) is 13.8 Å². The molecular formula is C43H53Cl2N6O11PS. The van der Waals surface area contributed by atoms with E-state index in [1.165, 1.54) is 79.7 Å². The molecule has 2 saturated heterocycles. The molecular weight excluding hydrogens is 910 g/mol. The number of halogens is 2. The van der Waals surface area contributed by atoms with Gasteiger partial charge in [0.15, 0.2) is 5.78 Å². The van der Waals surface area contributed by atoms with E-state index in [0.29, 0.717) is 22.0 Å². The number of carbonyl (C=O) groups excluding carboxylic acids is 5. The van der Waals surface area contributed by atoms with E-state index in [1.54, 1.807) is 11.8 Å². The summed E-state index contributed by atoms with van der Waals surface area (Å²) in [6.45, 7) is 5.05. The Morgan fingerprint density at radius 3 is 1.92 bits per heavy atom. The van der Waals surface area contributed by atoms with Crippen molar-refractivity contribution in [3.05, 3.63) is 88.4 Å². The molecule has 2 aliphatic heterocycles. The molecule has 8 N–H and O–H groups in total. The van der Waals surface area contributed by atoms with E-state index in [9.17, 15) is 43.5 Å². The zero-order chi connectivity index (χ0) is 46.6. The smallest absolute Gasteiger partial charge is 0.452 e. The number of aliphatic carboxylic acids is 1. The quantitative estimate of drug-likeness (QED) is 0.0321. The molecule has 7 atom stereocenters. The summed E-state index contributed by atoms with van der Waals surface area (Å²) in [5.41, 5.74) is 0.495. The lowest BCUT2D eigenvalue weighted by Crippen LogP contribution is -2.58. The molecule has 0 saturated carbocycles. The summed E-state index contributed by atoms with van der Waals surface area (Å²) in [6, 6.07) is 13.3. The van der Waals surface area contributed by atoms with Gasteiger partial charge in [0.2, 0.25) is 23.6 Å². The topological polar surface area (TPSA) is 251 Å². The van der Waals surface area contributed by atoms with Crippen molar-refractivity contribution in [1.82, 2.24) is 31.9 Å². The number of carboxylic acid groups (broad SMARTS) is 1. The Labute approximate surface area is 385 Å². The lowest BCUT2D eigenvalue weighted by molar-refractivity contribution is -0.141. The Bertz CT molecular complexity index is 2120. The number of hydrogen-bond donors (Lipinski definition) is 8. The van der Waals surface area contributed by atoms with Crippen molar-refractivity contribution in [2.24, 2.45) is 5.92 Å². The standard InChI is InChI=1S/C43H53Cl2N6O11PS/c1-24(2)20-32(47-37(53)7-5-4-6-36-39-35(23-64-36)50-43(59)51-39)41(57)48-33(21-26-8-14-29(52)15-9-26)42(58)49-34(22-38(54)55)40(56)46-25(3)63(60,61-30-16-10-27(44)11-17-30)62-31-18-12-28(45)13-19-31/h8-19,24-25,32-36,39,52H,4-7,20-23H2,1-3H3,(H,46,56)(H,47,53)(H,48,57)(H,49,58)(H,54,55)(H2,50,51,59)/t25?,32-,33-,34-,35-,36-,39-/m0/s1. The minimum Gasteiger partial charge on any atom is -0.508 e. The van der Waals surface area contributed by atoms with Crippen molar-refractivity contribution in [3.63, 3.8) is 0 Å². The van der Waals surface area contributed by atoms with Crippen LogP contribution in [0.3, 0.4) is 0 Å². The van der Waals surface area contributed by atoms with Crippen molar-refractivity contribution in [2.45, 2.75) is 107 Å². The number of unbranched alkanes of at least 4 members (excludes halogenated alkanes) is 1. The van der Waals surface area contributed by atoms with Crippen LogP contribution < -0.4 is 40.9 Å². The predicted octanol–water partition coefficient (Wildman–Crippen LogP) is 5.76.